The van der Waals surface area contributed by atoms with Crippen LogP contribution in [-0.2, 0) is 11.8 Å². The molecule has 0 amide bonds. The zero-order valence-electron chi connectivity index (χ0n) is 11.1. The predicted molar refractivity (Wildman–Crippen MR) is 66.7 cm³/mol. The fourth-order valence-electron chi connectivity index (χ4n) is 1.38. The van der Waals surface area contributed by atoms with Crippen molar-refractivity contribution in [3.8, 4) is 0 Å². The van der Waals surface area contributed by atoms with Gasteiger partial charge in [0.05, 0.1) is 6.20 Å². The molecular weight excluding hydrogens is 200 g/mol. The van der Waals surface area contributed by atoms with Crippen molar-refractivity contribution in [2.24, 2.45) is 0 Å². The third-order valence-corrected chi connectivity index (χ3v) is 3.00. The van der Waals surface area contributed by atoms with E-state index in [2.05, 4.69) is 44.9 Å². The number of hydrogen-bond donors (Lipinski definition) is 1. The largest absolute Gasteiger partial charge is 0.445 e. The van der Waals surface area contributed by atoms with E-state index in [1.165, 1.54) is 0 Å². The van der Waals surface area contributed by atoms with Gasteiger partial charge >= 0.3 is 0 Å². The van der Waals surface area contributed by atoms with Gasteiger partial charge in [0.1, 0.15) is 5.76 Å². The van der Waals surface area contributed by atoms with Crippen molar-refractivity contribution in [2.45, 2.75) is 58.9 Å². The normalized spacial score (nSPS) is 12.4. The van der Waals surface area contributed by atoms with Crippen LogP contribution in [0.2, 0.25) is 0 Å². The van der Waals surface area contributed by atoms with E-state index in [1.807, 2.05) is 6.20 Å². The van der Waals surface area contributed by atoms with E-state index >= 15 is 0 Å². The molecule has 0 aliphatic heterocycles. The van der Waals surface area contributed by atoms with Gasteiger partial charge in [0.2, 0.25) is 0 Å². The third kappa shape index (κ3) is 3.63. The summed E-state index contributed by atoms with van der Waals surface area (Å²) >= 11 is 0. The van der Waals surface area contributed by atoms with Crippen LogP contribution in [0.3, 0.4) is 0 Å². The second kappa shape index (κ2) is 5.48. The van der Waals surface area contributed by atoms with E-state index < -0.39 is 0 Å². The summed E-state index contributed by atoms with van der Waals surface area (Å²) in [5.74, 6) is 1.83. The van der Waals surface area contributed by atoms with Crippen LogP contribution in [-0.4, -0.2) is 17.6 Å². The van der Waals surface area contributed by atoms with Crippen LogP contribution < -0.4 is 5.32 Å². The van der Waals surface area contributed by atoms with Gasteiger partial charge in [-0.3, -0.25) is 0 Å². The second-order valence-electron chi connectivity index (χ2n) is 5.21. The molecular formula is C13H24N2O. The molecule has 0 bridgehead atoms. The minimum atomic E-state index is 0.0940. The zero-order chi connectivity index (χ0) is 12.2. The van der Waals surface area contributed by atoms with Crippen LogP contribution in [0.5, 0.6) is 0 Å². The SMILES string of the molecule is CCC(C)(C)c1cnc(CCNC(C)C)o1. The molecule has 0 unspecified atom stereocenters. The summed E-state index contributed by atoms with van der Waals surface area (Å²) < 4.78 is 5.77. The molecule has 0 aromatic carbocycles. The van der Waals surface area contributed by atoms with Gasteiger partial charge in [0.25, 0.3) is 0 Å². The van der Waals surface area contributed by atoms with Gasteiger partial charge in [0.15, 0.2) is 5.89 Å². The van der Waals surface area contributed by atoms with E-state index in [-0.39, 0.29) is 5.41 Å². The highest BCUT2D eigenvalue weighted by molar-refractivity contribution is 5.07. The highest BCUT2D eigenvalue weighted by atomic mass is 16.4. The van der Waals surface area contributed by atoms with Gasteiger partial charge in [-0.05, 0) is 6.42 Å². The Morgan fingerprint density at radius 1 is 1.44 bits per heavy atom. The quantitative estimate of drug-likeness (QED) is 0.807. The maximum atomic E-state index is 5.77. The lowest BCUT2D eigenvalue weighted by atomic mass is 9.88. The summed E-state index contributed by atoms with van der Waals surface area (Å²) in [4.78, 5) is 4.32. The van der Waals surface area contributed by atoms with E-state index in [0.717, 1.165) is 31.0 Å². The second-order valence-corrected chi connectivity index (χ2v) is 5.21. The van der Waals surface area contributed by atoms with E-state index in [4.69, 9.17) is 4.42 Å². The van der Waals surface area contributed by atoms with Crippen molar-refractivity contribution in [2.75, 3.05) is 6.54 Å². The van der Waals surface area contributed by atoms with Gasteiger partial charge in [-0.25, -0.2) is 4.98 Å². The fourth-order valence-corrected chi connectivity index (χ4v) is 1.38. The Balaban J connectivity index is 2.52. The molecule has 92 valence electrons. The summed E-state index contributed by atoms with van der Waals surface area (Å²) in [6.45, 7) is 11.7. The van der Waals surface area contributed by atoms with Crippen LogP contribution in [0.1, 0.15) is 52.7 Å². The monoisotopic (exact) mass is 224 g/mol. The van der Waals surface area contributed by atoms with Gasteiger partial charge in [0, 0.05) is 24.4 Å². The number of hydrogen-bond acceptors (Lipinski definition) is 3. The molecule has 0 spiro atoms. The smallest absolute Gasteiger partial charge is 0.195 e. The Bertz CT molecular complexity index is 315. The number of nitrogens with one attached hydrogen (secondary N) is 1. The average molecular weight is 224 g/mol. The van der Waals surface area contributed by atoms with Crippen LogP contribution in [0.25, 0.3) is 0 Å². The molecule has 16 heavy (non-hydrogen) atoms. The Morgan fingerprint density at radius 3 is 2.69 bits per heavy atom. The van der Waals surface area contributed by atoms with Crippen LogP contribution >= 0.6 is 0 Å². The van der Waals surface area contributed by atoms with E-state index in [0.29, 0.717) is 6.04 Å². The van der Waals surface area contributed by atoms with Crippen LogP contribution in [0.15, 0.2) is 10.6 Å². The summed E-state index contributed by atoms with van der Waals surface area (Å²) in [5.41, 5.74) is 0.0940. The minimum Gasteiger partial charge on any atom is -0.445 e. The van der Waals surface area contributed by atoms with Gasteiger partial charge in [-0.1, -0.05) is 34.6 Å². The first-order valence-corrected chi connectivity index (χ1v) is 6.14. The molecule has 0 saturated heterocycles. The molecule has 0 atom stereocenters. The molecule has 0 aliphatic carbocycles. The zero-order valence-corrected chi connectivity index (χ0v) is 11.1. The Kier molecular flexibility index (Phi) is 4.54. The Morgan fingerprint density at radius 2 is 2.12 bits per heavy atom. The summed E-state index contributed by atoms with van der Waals surface area (Å²) in [5, 5.41) is 3.36. The first-order chi connectivity index (χ1) is 7.45. The molecule has 1 aromatic rings. The molecule has 1 aromatic heterocycles. The maximum absolute atomic E-state index is 5.77. The van der Waals surface area contributed by atoms with Gasteiger partial charge < -0.3 is 9.73 Å². The minimum absolute atomic E-state index is 0.0940. The molecule has 0 saturated carbocycles. The molecule has 3 nitrogen and oxygen atoms in total. The van der Waals surface area contributed by atoms with Crippen LogP contribution in [0.4, 0.5) is 0 Å². The van der Waals surface area contributed by atoms with Crippen molar-refractivity contribution < 1.29 is 4.42 Å². The van der Waals surface area contributed by atoms with Crippen molar-refractivity contribution in [1.29, 1.82) is 0 Å². The molecule has 0 aliphatic rings. The highest BCUT2D eigenvalue weighted by Gasteiger charge is 2.22. The summed E-state index contributed by atoms with van der Waals surface area (Å²) in [6.07, 6.45) is 3.79. The molecule has 0 radical (unpaired) electrons. The number of aromatic nitrogens is 1. The highest BCUT2D eigenvalue weighted by Crippen LogP contribution is 2.26. The maximum Gasteiger partial charge on any atom is 0.195 e. The molecule has 0 fully saturated rings. The van der Waals surface area contributed by atoms with Crippen molar-refractivity contribution in [3.63, 3.8) is 0 Å². The number of rotatable bonds is 6. The Labute approximate surface area is 98.6 Å². The Hall–Kier alpha value is -0.830. The molecule has 1 N–H and O–H groups in total. The van der Waals surface area contributed by atoms with Crippen molar-refractivity contribution >= 4 is 0 Å². The fraction of sp³-hybridized carbons (Fsp3) is 0.769. The topological polar surface area (TPSA) is 38.1 Å². The van der Waals surface area contributed by atoms with E-state index in [9.17, 15) is 0 Å². The standard InChI is InChI=1S/C13H24N2O/c1-6-13(4,5)11-9-15-12(16-11)7-8-14-10(2)3/h9-10,14H,6-8H2,1-5H3. The molecule has 1 heterocycles. The third-order valence-electron chi connectivity index (χ3n) is 3.00. The van der Waals surface area contributed by atoms with Crippen molar-refractivity contribution in [3.05, 3.63) is 17.8 Å². The number of nitrogens with zero attached hydrogens (tertiary/aromatic N) is 1. The van der Waals surface area contributed by atoms with Gasteiger partial charge in [-0.2, -0.15) is 0 Å². The lowest BCUT2D eigenvalue weighted by molar-refractivity contribution is 0.353. The van der Waals surface area contributed by atoms with Crippen LogP contribution in [0, 0.1) is 0 Å². The predicted octanol–water partition coefficient (Wildman–Crippen LogP) is 2.90. The lowest BCUT2D eigenvalue weighted by Crippen LogP contribution is -2.25. The van der Waals surface area contributed by atoms with Crippen molar-refractivity contribution in [1.82, 2.24) is 10.3 Å². The van der Waals surface area contributed by atoms with E-state index in [1.54, 1.807) is 0 Å². The first-order valence-electron chi connectivity index (χ1n) is 6.14. The molecule has 3 heteroatoms. The first kappa shape index (κ1) is 13.2. The molecule has 1 rings (SSSR count). The van der Waals surface area contributed by atoms with Gasteiger partial charge in [-0.15, -0.1) is 0 Å². The average Bonchev–Trinajstić information content (AvgIpc) is 2.66. The summed E-state index contributed by atoms with van der Waals surface area (Å²) in [7, 11) is 0. The number of oxazole rings is 1. The lowest BCUT2D eigenvalue weighted by Gasteiger charge is -2.18. The summed E-state index contributed by atoms with van der Waals surface area (Å²) in [6, 6.07) is 0.515.